The Morgan fingerprint density at radius 2 is 1.69 bits per heavy atom. The molecule has 1 unspecified atom stereocenters. The van der Waals surface area contributed by atoms with E-state index in [1.54, 1.807) is 31.2 Å². The molecule has 0 radical (unpaired) electrons. The summed E-state index contributed by atoms with van der Waals surface area (Å²) in [5.74, 6) is -0.313. The number of alkyl halides is 3. The van der Waals surface area contributed by atoms with Crippen molar-refractivity contribution in [1.29, 1.82) is 0 Å². The zero-order chi connectivity index (χ0) is 21.9. The predicted molar refractivity (Wildman–Crippen MR) is 104 cm³/mol. The summed E-state index contributed by atoms with van der Waals surface area (Å²) >= 11 is 0. The van der Waals surface area contributed by atoms with Crippen LogP contribution >= 0.6 is 0 Å². The average molecular weight is 413 g/mol. The first-order valence-electron chi connectivity index (χ1n) is 9.31. The van der Waals surface area contributed by atoms with E-state index in [-0.39, 0.29) is 11.3 Å². The fraction of sp³-hybridized carbons (Fsp3) is 0.455. The first-order chi connectivity index (χ1) is 13.4. The van der Waals surface area contributed by atoms with Gasteiger partial charge in [0.25, 0.3) is 0 Å². The van der Waals surface area contributed by atoms with Crippen molar-refractivity contribution in [2.45, 2.75) is 50.4 Å². The van der Waals surface area contributed by atoms with Crippen molar-refractivity contribution in [2.75, 3.05) is 13.7 Å². The molecular weight excluding hydrogens is 386 g/mol. The molecule has 2 aromatic rings. The smallest absolute Gasteiger partial charge is 0.418 e. The standard InChI is InChI=1S/C22H27F4NO2/c1-15(16-8-6-5-7-9-16)27-14-21(28,22(24,25)26)13-20(2,3)18-12-17(23)10-11-19(18)29-4/h5-12,15,27-28H,13-14H2,1-4H3/t15-,21?/m1/s1. The van der Waals surface area contributed by atoms with Crippen LogP contribution in [0.25, 0.3) is 0 Å². The Bertz CT molecular complexity index is 808. The molecule has 0 bridgehead atoms. The maximum atomic E-state index is 13.9. The van der Waals surface area contributed by atoms with E-state index in [4.69, 9.17) is 4.74 Å². The zero-order valence-corrected chi connectivity index (χ0v) is 17.0. The third-order valence-corrected chi connectivity index (χ3v) is 5.15. The molecule has 2 atom stereocenters. The monoisotopic (exact) mass is 413 g/mol. The second kappa shape index (κ2) is 8.71. The van der Waals surface area contributed by atoms with Gasteiger partial charge in [-0.2, -0.15) is 13.2 Å². The Morgan fingerprint density at radius 1 is 1.07 bits per heavy atom. The number of hydrogen-bond acceptors (Lipinski definition) is 3. The van der Waals surface area contributed by atoms with Crippen LogP contribution in [0.3, 0.4) is 0 Å². The lowest BCUT2D eigenvalue weighted by molar-refractivity contribution is -0.264. The Kier molecular flexibility index (Phi) is 6.96. The molecule has 7 heteroatoms. The van der Waals surface area contributed by atoms with Gasteiger partial charge in [-0.15, -0.1) is 0 Å². The van der Waals surface area contributed by atoms with E-state index in [2.05, 4.69) is 5.32 Å². The highest BCUT2D eigenvalue weighted by atomic mass is 19.4. The van der Waals surface area contributed by atoms with Gasteiger partial charge >= 0.3 is 6.18 Å². The van der Waals surface area contributed by atoms with E-state index in [0.29, 0.717) is 0 Å². The van der Waals surface area contributed by atoms with Gasteiger partial charge in [0.2, 0.25) is 0 Å². The summed E-state index contributed by atoms with van der Waals surface area (Å²) in [5, 5.41) is 13.4. The molecule has 0 saturated heterocycles. The molecule has 0 amide bonds. The number of ether oxygens (including phenoxy) is 1. The molecular formula is C22H27F4NO2. The minimum absolute atomic E-state index is 0.263. The lowest BCUT2D eigenvalue weighted by Crippen LogP contribution is -2.55. The fourth-order valence-electron chi connectivity index (χ4n) is 3.48. The summed E-state index contributed by atoms with van der Waals surface area (Å²) in [7, 11) is 1.37. The minimum atomic E-state index is -4.88. The number of methoxy groups -OCH3 is 1. The number of aliphatic hydroxyl groups is 1. The summed E-state index contributed by atoms with van der Waals surface area (Å²) in [6.45, 7) is 4.09. The van der Waals surface area contributed by atoms with E-state index < -0.39 is 42.0 Å². The van der Waals surface area contributed by atoms with Crippen molar-refractivity contribution in [3.63, 3.8) is 0 Å². The SMILES string of the molecule is COc1ccc(F)cc1C(C)(C)CC(O)(CN[C@H](C)c1ccccc1)C(F)(F)F. The summed E-state index contributed by atoms with van der Waals surface area (Å²) in [6, 6.07) is 12.3. The molecule has 0 aromatic heterocycles. The molecule has 160 valence electrons. The van der Waals surface area contributed by atoms with Crippen LogP contribution in [0.1, 0.15) is 44.4 Å². The summed E-state index contributed by atoms with van der Waals surface area (Å²) in [6.07, 6.45) is -5.55. The highest BCUT2D eigenvalue weighted by Gasteiger charge is 2.56. The van der Waals surface area contributed by atoms with Gasteiger partial charge in [0.15, 0.2) is 5.60 Å². The second-order valence-corrected chi connectivity index (χ2v) is 7.95. The van der Waals surface area contributed by atoms with E-state index in [1.165, 1.54) is 33.1 Å². The molecule has 0 fully saturated rings. The largest absolute Gasteiger partial charge is 0.496 e. The van der Waals surface area contributed by atoms with Crippen LogP contribution in [0, 0.1) is 5.82 Å². The molecule has 3 nitrogen and oxygen atoms in total. The van der Waals surface area contributed by atoms with Gasteiger partial charge in [0.1, 0.15) is 11.6 Å². The van der Waals surface area contributed by atoms with E-state index >= 15 is 0 Å². The Balaban J connectivity index is 2.29. The van der Waals surface area contributed by atoms with Crippen molar-refractivity contribution in [3.8, 4) is 5.75 Å². The maximum Gasteiger partial charge on any atom is 0.418 e. The van der Waals surface area contributed by atoms with Gasteiger partial charge in [0, 0.05) is 18.2 Å². The van der Waals surface area contributed by atoms with Crippen molar-refractivity contribution < 1.29 is 27.4 Å². The Morgan fingerprint density at radius 3 is 2.24 bits per heavy atom. The first-order valence-corrected chi connectivity index (χ1v) is 9.31. The average Bonchev–Trinajstić information content (AvgIpc) is 2.65. The molecule has 0 saturated carbocycles. The number of rotatable bonds is 8. The van der Waals surface area contributed by atoms with Crippen LogP contribution in [-0.2, 0) is 5.41 Å². The second-order valence-electron chi connectivity index (χ2n) is 7.95. The highest BCUT2D eigenvalue weighted by molar-refractivity contribution is 5.39. The molecule has 0 aliphatic carbocycles. The van der Waals surface area contributed by atoms with Crippen molar-refractivity contribution in [3.05, 3.63) is 65.5 Å². The van der Waals surface area contributed by atoms with Crippen molar-refractivity contribution in [2.24, 2.45) is 0 Å². The quantitative estimate of drug-likeness (QED) is 0.589. The molecule has 0 heterocycles. The van der Waals surface area contributed by atoms with Crippen LogP contribution in [0.2, 0.25) is 0 Å². The maximum absolute atomic E-state index is 13.9. The summed E-state index contributed by atoms with van der Waals surface area (Å²) < 4.78 is 60.6. The summed E-state index contributed by atoms with van der Waals surface area (Å²) in [5.41, 5.74) is -3.16. The fourth-order valence-corrected chi connectivity index (χ4v) is 3.48. The van der Waals surface area contributed by atoms with Crippen LogP contribution in [0.4, 0.5) is 17.6 Å². The number of halogens is 4. The van der Waals surface area contributed by atoms with Gasteiger partial charge in [-0.1, -0.05) is 44.2 Å². The third kappa shape index (κ3) is 5.48. The molecule has 0 aliphatic rings. The van der Waals surface area contributed by atoms with Gasteiger partial charge in [-0.05, 0) is 42.5 Å². The van der Waals surface area contributed by atoms with Gasteiger partial charge in [-0.25, -0.2) is 4.39 Å². The van der Waals surface area contributed by atoms with Crippen LogP contribution < -0.4 is 10.1 Å². The topological polar surface area (TPSA) is 41.5 Å². The number of benzene rings is 2. The molecule has 2 N–H and O–H groups in total. The van der Waals surface area contributed by atoms with Crippen molar-refractivity contribution >= 4 is 0 Å². The molecule has 0 aliphatic heterocycles. The van der Waals surface area contributed by atoms with Crippen LogP contribution in [0.15, 0.2) is 48.5 Å². The Hall–Kier alpha value is -2.12. The van der Waals surface area contributed by atoms with E-state index in [0.717, 1.165) is 11.6 Å². The van der Waals surface area contributed by atoms with E-state index in [9.17, 15) is 22.7 Å². The predicted octanol–water partition coefficient (Wildman–Crippen LogP) is 5.15. The van der Waals surface area contributed by atoms with Gasteiger partial charge in [-0.3, -0.25) is 0 Å². The lowest BCUT2D eigenvalue weighted by Gasteiger charge is -2.39. The number of nitrogens with one attached hydrogen (secondary N) is 1. The first kappa shape index (κ1) is 23.2. The number of hydrogen-bond donors (Lipinski definition) is 2. The molecule has 0 spiro atoms. The van der Waals surface area contributed by atoms with Crippen LogP contribution in [-0.4, -0.2) is 30.5 Å². The van der Waals surface area contributed by atoms with Gasteiger partial charge < -0.3 is 15.2 Å². The lowest BCUT2D eigenvalue weighted by atomic mass is 9.74. The van der Waals surface area contributed by atoms with Crippen molar-refractivity contribution in [1.82, 2.24) is 5.32 Å². The Labute approximate surface area is 168 Å². The highest BCUT2D eigenvalue weighted by Crippen LogP contribution is 2.43. The molecule has 29 heavy (non-hydrogen) atoms. The van der Waals surface area contributed by atoms with E-state index in [1.807, 2.05) is 6.07 Å². The summed E-state index contributed by atoms with van der Waals surface area (Å²) in [4.78, 5) is 0. The zero-order valence-electron chi connectivity index (χ0n) is 17.0. The third-order valence-electron chi connectivity index (χ3n) is 5.15. The molecule has 2 aromatic carbocycles. The molecule has 2 rings (SSSR count). The van der Waals surface area contributed by atoms with Gasteiger partial charge in [0.05, 0.1) is 7.11 Å². The normalized spacial score (nSPS) is 15.6. The van der Waals surface area contributed by atoms with Crippen LogP contribution in [0.5, 0.6) is 5.75 Å². The minimum Gasteiger partial charge on any atom is -0.496 e.